The van der Waals surface area contributed by atoms with Gasteiger partial charge in [-0.25, -0.2) is 0 Å². The van der Waals surface area contributed by atoms with Crippen LogP contribution in [-0.2, 0) is 6.54 Å². The van der Waals surface area contributed by atoms with Gasteiger partial charge in [0.25, 0.3) is 0 Å². The Morgan fingerprint density at radius 1 is 1.27 bits per heavy atom. The highest BCUT2D eigenvalue weighted by Crippen LogP contribution is 2.21. The first kappa shape index (κ1) is 10.7. The molecule has 1 aromatic carbocycles. The highest BCUT2D eigenvalue weighted by molar-refractivity contribution is 5.14. The Kier molecular flexibility index (Phi) is 3.75. The van der Waals surface area contributed by atoms with Crippen molar-refractivity contribution >= 4 is 0 Å². The van der Waals surface area contributed by atoms with Crippen LogP contribution in [0.2, 0.25) is 0 Å². The Morgan fingerprint density at radius 2 is 2.07 bits per heavy atom. The van der Waals surface area contributed by atoms with Gasteiger partial charge in [-0.2, -0.15) is 0 Å². The zero-order valence-electron chi connectivity index (χ0n) is 9.23. The Hall–Kier alpha value is -0.860. The third-order valence-electron chi connectivity index (χ3n) is 3.23. The van der Waals surface area contributed by atoms with Crippen LogP contribution in [0.25, 0.3) is 0 Å². The van der Waals surface area contributed by atoms with Crippen LogP contribution in [0.3, 0.4) is 0 Å². The minimum atomic E-state index is 0.718. The molecule has 2 rings (SSSR count). The molecule has 0 saturated carbocycles. The van der Waals surface area contributed by atoms with Crippen molar-refractivity contribution < 1.29 is 0 Å². The maximum Gasteiger partial charge on any atom is 0.0236 e. The smallest absolute Gasteiger partial charge is 0.0236 e. The van der Waals surface area contributed by atoms with Crippen molar-refractivity contribution in [1.82, 2.24) is 4.90 Å². The predicted molar refractivity (Wildman–Crippen MR) is 63.5 cm³/mol. The second kappa shape index (κ2) is 5.29. The van der Waals surface area contributed by atoms with Gasteiger partial charge in [-0.3, -0.25) is 4.90 Å². The van der Waals surface area contributed by atoms with Crippen LogP contribution in [0.1, 0.15) is 24.8 Å². The molecule has 1 saturated heterocycles. The monoisotopic (exact) mass is 204 g/mol. The van der Waals surface area contributed by atoms with E-state index >= 15 is 0 Å². The number of benzene rings is 1. The molecular formula is C13H20N2. The maximum absolute atomic E-state index is 5.64. The van der Waals surface area contributed by atoms with E-state index in [9.17, 15) is 0 Å². The fourth-order valence-corrected chi connectivity index (χ4v) is 2.44. The van der Waals surface area contributed by atoms with Crippen LogP contribution >= 0.6 is 0 Å². The van der Waals surface area contributed by atoms with Crippen LogP contribution in [0.15, 0.2) is 30.3 Å². The summed E-state index contributed by atoms with van der Waals surface area (Å²) in [6.07, 6.45) is 3.80. The van der Waals surface area contributed by atoms with Crippen molar-refractivity contribution in [3.05, 3.63) is 35.9 Å². The van der Waals surface area contributed by atoms with E-state index in [4.69, 9.17) is 5.73 Å². The van der Waals surface area contributed by atoms with Gasteiger partial charge in [0.1, 0.15) is 0 Å². The molecule has 0 aliphatic carbocycles. The fraction of sp³-hybridized carbons (Fsp3) is 0.538. The quantitative estimate of drug-likeness (QED) is 0.813. The average molecular weight is 204 g/mol. The molecular weight excluding hydrogens is 184 g/mol. The van der Waals surface area contributed by atoms with E-state index < -0.39 is 0 Å². The van der Waals surface area contributed by atoms with Gasteiger partial charge in [-0.15, -0.1) is 0 Å². The second-order valence-corrected chi connectivity index (χ2v) is 4.33. The Bertz CT molecular complexity index is 284. The van der Waals surface area contributed by atoms with Crippen LogP contribution in [0, 0.1) is 0 Å². The van der Waals surface area contributed by atoms with Crippen LogP contribution in [0.4, 0.5) is 0 Å². The van der Waals surface area contributed by atoms with Gasteiger partial charge in [0.2, 0.25) is 0 Å². The molecule has 1 atom stereocenters. The molecule has 0 amide bonds. The second-order valence-electron chi connectivity index (χ2n) is 4.33. The lowest BCUT2D eigenvalue weighted by atomic mass is 10.1. The van der Waals surface area contributed by atoms with Crippen molar-refractivity contribution in [1.29, 1.82) is 0 Å². The first-order chi connectivity index (χ1) is 7.40. The van der Waals surface area contributed by atoms with Gasteiger partial charge in [0.05, 0.1) is 0 Å². The molecule has 0 aromatic heterocycles. The summed E-state index contributed by atoms with van der Waals surface area (Å²) in [6.45, 7) is 3.14. The summed E-state index contributed by atoms with van der Waals surface area (Å²) < 4.78 is 0. The van der Waals surface area contributed by atoms with Crippen LogP contribution in [0.5, 0.6) is 0 Å². The van der Waals surface area contributed by atoms with Crippen molar-refractivity contribution in [2.75, 3.05) is 13.1 Å². The molecule has 82 valence electrons. The molecule has 0 spiro atoms. The summed E-state index contributed by atoms with van der Waals surface area (Å²) in [7, 11) is 0. The highest BCUT2D eigenvalue weighted by atomic mass is 15.2. The Labute approximate surface area is 92.1 Å². The molecule has 0 radical (unpaired) electrons. The van der Waals surface area contributed by atoms with Gasteiger partial charge < -0.3 is 5.73 Å². The van der Waals surface area contributed by atoms with Gasteiger partial charge in [-0.05, 0) is 37.9 Å². The third kappa shape index (κ3) is 2.80. The topological polar surface area (TPSA) is 29.3 Å². The van der Waals surface area contributed by atoms with Gasteiger partial charge in [0, 0.05) is 12.6 Å². The molecule has 1 unspecified atom stereocenters. The standard InChI is InChI=1S/C13H20N2/c14-9-8-13-7-4-10-15(13)11-12-5-2-1-3-6-12/h1-3,5-6,13H,4,7-11,14H2. The van der Waals surface area contributed by atoms with Gasteiger partial charge in [-0.1, -0.05) is 30.3 Å². The summed E-state index contributed by atoms with van der Waals surface area (Å²) in [6, 6.07) is 11.4. The number of hydrogen-bond acceptors (Lipinski definition) is 2. The number of likely N-dealkylation sites (tertiary alicyclic amines) is 1. The number of hydrogen-bond donors (Lipinski definition) is 1. The average Bonchev–Trinajstić information content (AvgIpc) is 2.68. The number of rotatable bonds is 4. The summed E-state index contributed by atoms with van der Waals surface area (Å²) in [5.41, 5.74) is 7.06. The van der Waals surface area contributed by atoms with E-state index in [1.807, 2.05) is 0 Å². The molecule has 15 heavy (non-hydrogen) atoms. The number of nitrogens with zero attached hydrogens (tertiary/aromatic N) is 1. The first-order valence-corrected chi connectivity index (χ1v) is 5.88. The van der Waals surface area contributed by atoms with E-state index in [0.717, 1.165) is 25.6 Å². The third-order valence-corrected chi connectivity index (χ3v) is 3.23. The highest BCUT2D eigenvalue weighted by Gasteiger charge is 2.23. The SMILES string of the molecule is NCCC1CCCN1Cc1ccccc1. The Morgan fingerprint density at radius 3 is 2.80 bits per heavy atom. The van der Waals surface area contributed by atoms with Crippen LogP contribution < -0.4 is 5.73 Å². The Balaban J connectivity index is 1.93. The minimum absolute atomic E-state index is 0.718. The molecule has 1 fully saturated rings. The normalized spacial score (nSPS) is 22.1. The van der Waals surface area contributed by atoms with Gasteiger partial charge >= 0.3 is 0 Å². The zero-order valence-corrected chi connectivity index (χ0v) is 9.23. The summed E-state index contributed by atoms with van der Waals surface area (Å²) in [5.74, 6) is 0. The van der Waals surface area contributed by atoms with Gasteiger partial charge in [0.15, 0.2) is 0 Å². The minimum Gasteiger partial charge on any atom is -0.330 e. The molecule has 2 heteroatoms. The molecule has 1 aromatic rings. The zero-order chi connectivity index (χ0) is 10.5. The lowest BCUT2D eigenvalue weighted by Crippen LogP contribution is -2.30. The largest absolute Gasteiger partial charge is 0.330 e. The summed E-state index contributed by atoms with van der Waals surface area (Å²) in [5, 5.41) is 0. The lowest BCUT2D eigenvalue weighted by molar-refractivity contribution is 0.237. The molecule has 0 bridgehead atoms. The van der Waals surface area contributed by atoms with E-state index in [1.54, 1.807) is 0 Å². The van der Waals surface area contributed by atoms with E-state index in [0.29, 0.717) is 0 Å². The van der Waals surface area contributed by atoms with Crippen molar-refractivity contribution in [3.63, 3.8) is 0 Å². The molecule has 2 nitrogen and oxygen atoms in total. The summed E-state index contributed by atoms with van der Waals surface area (Å²) in [4.78, 5) is 2.57. The summed E-state index contributed by atoms with van der Waals surface area (Å²) >= 11 is 0. The van der Waals surface area contributed by atoms with Crippen molar-refractivity contribution in [3.8, 4) is 0 Å². The number of nitrogens with two attached hydrogens (primary N) is 1. The van der Waals surface area contributed by atoms with Crippen molar-refractivity contribution in [2.24, 2.45) is 5.73 Å². The van der Waals surface area contributed by atoms with Crippen molar-refractivity contribution in [2.45, 2.75) is 31.8 Å². The molecule has 1 aliphatic rings. The van der Waals surface area contributed by atoms with E-state index in [-0.39, 0.29) is 0 Å². The fourth-order valence-electron chi connectivity index (χ4n) is 2.44. The molecule has 1 aliphatic heterocycles. The van der Waals surface area contributed by atoms with E-state index in [2.05, 4.69) is 35.2 Å². The van der Waals surface area contributed by atoms with E-state index in [1.165, 1.54) is 24.9 Å². The molecule has 2 N–H and O–H groups in total. The van der Waals surface area contributed by atoms with Crippen LogP contribution in [-0.4, -0.2) is 24.0 Å². The lowest BCUT2D eigenvalue weighted by Gasteiger charge is -2.23. The first-order valence-electron chi connectivity index (χ1n) is 5.88. The maximum atomic E-state index is 5.64. The molecule has 1 heterocycles. The predicted octanol–water partition coefficient (Wildman–Crippen LogP) is 2.00.